The molecule has 168 valence electrons. The Labute approximate surface area is 190 Å². The van der Waals surface area contributed by atoms with Crippen LogP contribution >= 0.6 is 11.3 Å². The third-order valence-corrected chi connectivity index (χ3v) is 6.90. The molecule has 0 atom stereocenters. The normalized spacial score (nSPS) is 11.0. The number of para-hydroxylation sites is 2. The summed E-state index contributed by atoms with van der Waals surface area (Å²) < 4.78 is 38.7. The highest BCUT2D eigenvalue weighted by molar-refractivity contribution is 7.92. The number of benzene rings is 2. The molecule has 1 amide bonds. The third-order valence-electron chi connectivity index (χ3n) is 4.41. The van der Waals surface area contributed by atoms with Gasteiger partial charge in [0.2, 0.25) is 0 Å². The molecule has 2 aromatic carbocycles. The molecule has 1 aromatic heterocycles. The summed E-state index contributed by atoms with van der Waals surface area (Å²) in [4.78, 5) is 24.8. The van der Waals surface area contributed by atoms with E-state index in [-0.39, 0.29) is 22.8 Å². The van der Waals surface area contributed by atoms with E-state index >= 15 is 0 Å². The lowest BCUT2D eigenvalue weighted by Crippen LogP contribution is -2.17. The monoisotopic (exact) mass is 474 g/mol. The van der Waals surface area contributed by atoms with Crippen LogP contribution < -0.4 is 14.8 Å². The SMILES string of the molecule is CCOC(=O)c1ccc(NC(=O)c2ccc(C)c(S(=O)(=O)Nc3ccccc3OC)c2)s1. The molecule has 0 spiro atoms. The van der Waals surface area contributed by atoms with E-state index in [1.54, 1.807) is 56.3 Å². The molecule has 0 aliphatic rings. The zero-order valence-electron chi connectivity index (χ0n) is 17.7. The Morgan fingerprint density at radius 3 is 2.53 bits per heavy atom. The van der Waals surface area contributed by atoms with E-state index in [9.17, 15) is 18.0 Å². The Morgan fingerprint density at radius 1 is 1.06 bits per heavy atom. The zero-order chi connectivity index (χ0) is 23.3. The van der Waals surface area contributed by atoms with Crippen molar-refractivity contribution in [3.05, 3.63) is 70.6 Å². The van der Waals surface area contributed by atoms with Gasteiger partial charge >= 0.3 is 5.97 Å². The summed E-state index contributed by atoms with van der Waals surface area (Å²) in [6.45, 7) is 3.60. The number of anilines is 2. The first kappa shape index (κ1) is 23.3. The van der Waals surface area contributed by atoms with Gasteiger partial charge in [0, 0.05) is 5.56 Å². The fraction of sp³-hybridized carbons (Fsp3) is 0.182. The molecule has 0 aliphatic heterocycles. The fourth-order valence-corrected chi connectivity index (χ4v) is 5.00. The molecule has 0 radical (unpaired) electrons. The summed E-state index contributed by atoms with van der Waals surface area (Å²) in [6.07, 6.45) is 0. The van der Waals surface area contributed by atoms with Gasteiger partial charge < -0.3 is 14.8 Å². The number of carbonyl (C=O) groups excluding carboxylic acids is 2. The predicted octanol–water partition coefficient (Wildman–Crippen LogP) is 4.29. The van der Waals surface area contributed by atoms with Crippen molar-refractivity contribution in [1.82, 2.24) is 0 Å². The lowest BCUT2D eigenvalue weighted by molar-refractivity contribution is 0.0532. The van der Waals surface area contributed by atoms with Crippen LogP contribution in [0.5, 0.6) is 5.75 Å². The minimum atomic E-state index is -3.99. The summed E-state index contributed by atoms with van der Waals surface area (Å²) in [5.41, 5.74) is 0.918. The van der Waals surface area contributed by atoms with E-state index in [0.717, 1.165) is 11.3 Å². The number of nitrogens with one attached hydrogen (secondary N) is 2. The summed E-state index contributed by atoms with van der Waals surface area (Å²) in [6, 6.07) is 14.2. The van der Waals surface area contributed by atoms with Crippen LogP contribution in [0.15, 0.2) is 59.5 Å². The number of hydrogen-bond acceptors (Lipinski definition) is 7. The van der Waals surface area contributed by atoms with E-state index in [1.165, 1.54) is 19.2 Å². The molecule has 1 heterocycles. The molecule has 3 rings (SSSR count). The number of rotatable bonds is 8. The van der Waals surface area contributed by atoms with E-state index in [2.05, 4.69) is 10.0 Å². The average Bonchev–Trinajstić information content (AvgIpc) is 3.22. The van der Waals surface area contributed by atoms with Crippen molar-refractivity contribution in [2.75, 3.05) is 23.8 Å². The topological polar surface area (TPSA) is 111 Å². The van der Waals surface area contributed by atoms with Crippen LogP contribution in [0.25, 0.3) is 0 Å². The van der Waals surface area contributed by atoms with Crippen LogP contribution in [0.4, 0.5) is 10.7 Å². The number of amides is 1. The predicted molar refractivity (Wildman–Crippen MR) is 123 cm³/mol. The second-order valence-corrected chi connectivity index (χ2v) is 9.36. The molecule has 0 saturated carbocycles. The average molecular weight is 475 g/mol. The largest absolute Gasteiger partial charge is 0.495 e. The number of ether oxygens (including phenoxy) is 2. The van der Waals surface area contributed by atoms with Crippen molar-refractivity contribution >= 4 is 43.9 Å². The van der Waals surface area contributed by atoms with E-state index in [0.29, 0.717) is 21.2 Å². The highest BCUT2D eigenvalue weighted by Gasteiger charge is 2.21. The Morgan fingerprint density at radius 2 is 1.81 bits per heavy atom. The molecule has 0 unspecified atom stereocenters. The highest BCUT2D eigenvalue weighted by atomic mass is 32.2. The number of thiophene rings is 1. The fourth-order valence-electron chi connectivity index (χ4n) is 2.86. The van der Waals surface area contributed by atoms with E-state index < -0.39 is 21.9 Å². The second-order valence-electron chi connectivity index (χ2n) is 6.62. The molecule has 2 N–H and O–H groups in total. The van der Waals surface area contributed by atoms with Gasteiger partial charge in [-0.25, -0.2) is 13.2 Å². The molecular formula is C22H22N2O6S2. The maximum atomic E-state index is 13.0. The number of sulfonamides is 1. The number of esters is 1. The molecule has 0 aliphatic carbocycles. The molecule has 32 heavy (non-hydrogen) atoms. The van der Waals surface area contributed by atoms with Gasteiger partial charge in [0.25, 0.3) is 15.9 Å². The van der Waals surface area contributed by atoms with Gasteiger partial charge in [-0.2, -0.15) is 0 Å². The van der Waals surface area contributed by atoms with E-state index in [1.807, 2.05) is 0 Å². The van der Waals surface area contributed by atoms with Crippen molar-refractivity contribution in [2.24, 2.45) is 0 Å². The number of hydrogen-bond donors (Lipinski definition) is 2. The maximum Gasteiger partial charge on any atom is 0.348 e. The van der Waals surface area contributed by atoms with Crippen LogP contribution in [0.3, 0.4) is 0 Å². The Hall–Kier alpha value is -3.37. The molecule has 0 saturated heterocycles. The van der Waals surface area contributed by atoms with Gasteiger partial charge in [-0.3, -0.25) is 9.52 Å². The van der Waals surface area contributed by atoms with Crippen molar-refractivity contribution < 1.29 is 27.5 Å². The Balaban J connectivity index is 1.83. The highest BCUT2D eigenvalue weighted by Crippen LogP contribution is 2.28. The van der Waals surface area contributed by atoms with Crippen molar-refractivity contribution in [3.8, 4) is 5.75 Å². The lowest BCUT2D eigenvalue weighted by atomic mass is 10.1. The molecule has 0 fully saturated rings. The molecule has 0 bridgehead atoms. The van der Waals surface area contributed by atoms with Gasteiger partial charge in [0.05, 0.1) is 29.3 Å². The third kappa shape index (κ3) is 5.27. The lowest BCUT2D eigenvalue weighted by Gasteiger charge is -2.14. The zero-order valence-corrected chi connectivity index (χ0v) is 19.3. The van der Waals surface area contributed by atoms with Crippen molar-refractivity contribution in [2.45, 2.75) is 18.7 Å². The minimum Gasteiger partial charge on any atom is -0.495 e. The van der Waals surface area contributed by atoms with Crippen molar-refractivity contribution in [1.29, 1.82) is 0 Å². The Bertz CT molecular complexity index is 1250. The summed E-state index contributed by atoms with van der Waals surface area (Å²) in [5.74, 6) is -0.599. The maximum absolute atomic E-state index is 13.0. The van der Waals surface area contributed by atoms with Crippen molar-refractivity contribution in [3.63, 3.8) is 0 Å². The second kappa shape index (κ2) is 9.84. The number of methoxy groups -OCH3 is 1. The van der Waals surface area contributed by atoms with Crippen LogP contribution in [0, 0.1) is 6.92 Å². The number of aryl methyl sites for hydroxylation is 1. The molecule has 10 heteroatoms. The summed E-state index contributed by atoms with van der Waals surface area (Å²) in [5, 5.41) is 3.12. The van der Waals surface area contributed by atoms with Gasteiger partial charge in [0.15, 0.2) is 0 Å². The van der Waals surface area contributed by atoms with E-state index in [4.69, 9.17) is 9.47 Å². The molecular weight excluding hydrogens is 452 g/mol. The summed E-state index contributed by atoms with van der Waals surface area (Å²) in [7, 11) is -2.54. The quantitative estimate of drug-likeness (QED) is 0.471. The first-order valence-electron chi connectivity index (χ1n) is 9.60. The van der Waals surface area contributed by atoms with Gasteiger partial charge in [-0.05, 0) is 55.8 Å². The molecule has 3 aromatic rings. The number of carbonyl (C=O) groups is 2. The van der Waals surface area contributed by atoms with Crippen LogP contribution in [-0.4, -0.2) is 34.0 Å². The smallest absolute Gasteiger partial charge is 0.348 e. The van der Waals surface area contributed by atoms with Gasteiger partial charge in [-0.1, -0.05) is 18.2 Å². The van der Waals surface area contributed by atoms with Gasteiger partial charge in [0.1, 0.15) is 10.6 Å². The van der Waals surface area contributed by atoms with Crippen LogP contribution in [-0.2, 0) is 14.8 Å². The first-order valence-corrected chi connectivity index (χ1v) is 11.9. The first-order chi connectivity index (χ1) is 15.2. The molecule has 8 nitrogen and oxygen atoms in total. The Kier molecular flexibility index (Phi) is 7.16. The minimum absolute atomic E-state index is 0.0329. The van der Waals surface area contributed by atoms with Gasteiger partial charge in [-0.15, -0.1) is 11.3 Å². The standard InChI is InChI=1S/C22H22N2O6S2/c1-4-30-22(26)18-11-12-20(31-18)23-21(25)15-10-9-14(2)19(13-15)32(27,28)24-16-7-5-6-8-17(16)29-3/h5-13,24H,4H2,1-3H3,(H,23,25). The van der Waals surface area contributed by atoms with Crippen LogP contribution in [0.2, 0.25) is 0 Å². The summed E-state index contributed by atoms with van der Waals surface area (Å²) >= 11 is 1.07. The van der Waals surface area contributed by atoms with Crippen LogP contribution in [0.1, 0.15) is 32.5 Å².